The molecular weight excluding hydrogens is 321 g/mol. The van der Waals surface area contributed by atoms with Gasteiger partial charge in [-0.05, 0) is 24.6 Å². The highest BCUT2D eigenvalue weighted by molar-refractivity contribution is 5.97. The van der Waals surface area contributed by atoms with Crippen LogP contribution in [0.25, 0.3) is 33.5 Å². The van der Waals surface area contributed by atoms with Crippen molar-refractivity contribution in [2.24, 2.45) is 0 Å². The molecule has 0 fully saturated rings. The minimum Gasteiger partial charge on any atom is -0.421 e. The van der Waals surface area contributed by atoms with E-state index in [1.807, 2.05) is 0 Å². The summed E-state index contributed by atoms with van der Waals surface area (Å²) >= 11 is 0. The van der Waals surface area contributed by atoms with Crippen LogP contribution in [0.2, 0.25) is 0 Å². The van der Waals surface area contributed by atoms with Crippen LogP contribution in [-0.2, 0) is 0 Å². The van der Waals surface area contributed by atoms with Gasteiger partial charge >= 0.3 is 0 Å². The van der Waals surface area contributed by atoms with Crippen molar-refractivity contribution in [3.63, 3.8) is 0 Å². The van der Waals surface area contributed by atoms with Gasteiger partial charge in [-0.1, -0.05) is 24.3 Å². The van der Waals surface area contributed by atoms with Gasteiger partial charge in [0, 0.05) is 35.2 Å². The molecule has 0 atom stereocenters. The number of halogens is 1. The summed E-state index contributed by atoms with van der Waals surface area (Å²) in [5.41, 5.74) is 3.09. The van der Waals surface area contributed by atoms with Gasteiger partial charge in [0.2, 0.25) is 11.8 Å². The summed E-state index contributed by atoms with van der Waals surface area (Å²) < 4.78 is 20.0. The molecule has 2 aromatic carbocycles. The second kappa shape index (κ2) is 5.66. The van der Waals surface area contributed by atoms with E-state index in [2.05, 4.69) is 15.2 Å². The van der Waals surface area contributed by atoms with E-state index in [-0.39, 0.29) is 11.6 Å². The van der Waals surface area contributed by atoms with Gasteiger partial charge in [-0.15, -0.1) is 10.2 Å². The minimum atomic E-state index is -0.349. The normalized spacial score (nSPS) is 11.2. The van der Waals surface area contributed by atoms with Gasteiger partial charge < -0.3 is 9.40 Å². The summed E-state index contributed by atoms with van der Waals surface area (Å²) in [6.45, 7) is 3.22. The first-order valence-corrected chi connectivity index (χ1v) is 7.75. The predicted octanol–water partition coefficient (Wildman–Crippen LogP) is 4.54. The molecule has 25 heavy (non-hydrogen) atoms. The van der Waals surface area contributed by atoms with Gasteiger partial charge in [-0.2, -0.15) is 0 Å². The lowest BCUT2D eigenvalue weighted by molar-refractivity contribution is 0.101. The van der Waals surface area contributed by atoms with E-state index in [4.69, 9.17) is 4.42 Å². The molecule has 6 heteroatoms. The first-order valence-electron chi connectivity index (χ1n) is 7.75. The Morgan fingerprint density at radius 1 is 1.12 bits per heavy atom. The molecule has 4 rings (SSSR count). The van der Waals surface area contributed by atoms with Crippen LogP contribution < -0.4 is 0 Å². The number of nitrogens with one attached hydrogen (secondary N) is 1. The Morgan fingerprint density at radius 2 is 1.88 bits per heavy atom. The van der Waals surface area contributed by atoms with Gasteiger partial charge in [0.1, 0.15) is 5.82 Å². The number of hydrogen-bond donors (Lipinski definition) is 1. The van der Waals surface area contributed by atoms with Crippen LogP contribution in [0.5, 0.6) is 0 Å². The molecule has 0 aliphatic carbocycles. The third-order valence-electron chi connectivity index (χ3n) is 4.13. The molecule has 1 N–H and O–H groups in total. The maximum absolute atomic E-state index is 14.5. The second-order valence-corrected chi connectivity index (χ2v) is 5.84. The van der Waals surface area contributed by atoms with E-state index in [0.29, 0.717) is 34.0 Å². The fraction of sp³-hybridized carbons (Fsp3) is 0.105. The Morgan fingerprint density at radius 3 is 2.52 bits per heavy atom. The fourth-order valence-corrected chi connectivity index (χ4v) is 2.83. The summed E-state index contributed by atoms with van der Waals surface area (Å²) in [6, 6.07) is 10.1. The Kier molecular flexibility index (Phi) is 3.46. The quantitative estimate of drug-likeness (QED) is 0.558. The number of H-pyrrole nitrogens is 1. The van der Waals surface area contributed by atoms with Crippen molar-refractivity contribution in [3.8, 4) is 22.6 Å². The fourth-order valence-electron chi connectivity index (χ4n) is 2.83. The van der Waals surface area contributed by atoms with Crippen LogP contribution in [0, 0.1) is 12.7 Å². The van der Waals surface area contributed by atoms with E-state index in [9.17, 15) is 9.18 Å². The number of ketones is 1. The van der Waals surface area contributed by atoms with E-state index >= 15 is 0 Å². The molecule has 4 aromatic rings. The minimum absolute atomic E-state index is 0.0258. The number of rotatable bonds is 3. The number of Topliss-reactive ketones (excluding diaryl/α,β-unsaturated/α-hetero) is 1. The van der Waals surface area contributed by atoms with Gasteiger partial charge in [0.05, 0.1) is 5.56 Å². The van der Waals surface area contributed by atoms with Crippen LogP contribution >= 0.6 is 0 Å². The zero-order valence-corrected chi connectivity index (χ0v) is 13.6. The second-order valence-electron chi connectivity index (χ2n) is 5.84. The lowest BCUT2D eigenvalue weighted by Crippen LogP contribution is -1.92. The highest BCUT2D eigenvalue weighted by atomic mass is 19.1. The topological polar surface area (TPSA) is 71.8 Å². The molecule has 0 saturated heterocycles. The molecule has 0 aliphatic rings. The standard InChI is InChI=1S/C19H14FN3O2/c1-10(24)12-3-5-13(6-4-12)14-7-15-16(19-23-22-11(2)25-19)9-21-18(15)8-17(14)20/h3-9,21H,1-2H3. The maximum Gasteiger partial charge on any atom is 0.249 e. The van der Waals surface area contributed by atoms with Crippen molar-refractivity contribution in [1.29, 1.82) is 0 Å². The molecule has 2 heterocycles. The molecule has 0 spiro atoms. The number of hydrogen-bond acceptors (Lipinski definition) is 4. The Bertz CT molecular complexity index is 1090. The highest BCUT2D eigenvalue weighted by Gasteiger charge is 2.15. The van der Waals surface area contributed by atoms with Gasteiger partial charge in [0.15, 0.2) is 5.78 Å². The zero-order valence-electron chi connectivity index (χ0n) is 13.6. The zero-order chi connectivity index (χ0) is 17.6. The van der Waals surface area contributed by atoms with Crippen molar-refractivity contribution in [2.45, 2.75) is 13.8 Å². The summed E-state index contributed by atoms with van der Waals surface area (Å²) in [5.74, 6) is 0.472. The van der Waals surface area contributed by atoms with Crippen molar-refractivity contribution >= 4 is 16.7 Å². The SMILES string of the molecule is CC(=O)c1ccc(-c2cc3c(-c4nnc(C)o4)c[nH]c3cc2F)cc1. The van der Waals surface area contributed by atoms with Crippen LogP contribution in [0.1, 0.15) is 23.2 Å². The maximum atomic E-state index is 14.5. The molecule has 0 radical (unpaired) electrons. The summed E-state index contributed by atoms with van der Waals surface area (Å²) in [7, 11) is 0. The predicted molar refractivity (Wildman–Crippen MR) is 91.7 cm³/mol. The lowest BCUT2D eigenvalue weighted by Gasteiger charge is -2.06. The van der Waals surface area contributed by atoms with E-state index in [1.54, 1.807) is 43.5 Å². The van der Waals surface area contributed by atoms with Crippen molar-refractivity contribution in [1.82, 2.24) is 15.2 Å². The van der Waals surface area contributed by atoms with Crippen molar-refractivity contribution < 1.29 is 13.6 Å². The first kappa shape index (κ1) is 15.3. The number of aryl methyl sites for hydroxylation is 1. The average molecular weight is 335 g/mol. The largest absolute Gasteiger partial charge is 0.421 e. The van der Waals surface area contributed by atoms with E-state index in [1.165, 1.54) is 13.0 Å². The van der Waals surface area contributed by atoms with Gasteiger partial charge in [-0.3, -0.25) is 4.79 Å². The average Bonchev–Trinajstić information content (AvgIpc) is 3.19. The number of benzene rings is 2. The highest BCUT2D eigenvalue weighted by Crippen LogP contribution is 2.33. The van der Waals surface area contributed by atoms with Crippen molar-refractivity contribution in [3.05, 3.63) is 59.9 Å². The number of carbonyl (C=O) groups is 1. The number of fused-ring (bicyclic) bond motifs is 1. The summed E-state index contributed by atoms with van der Waals surface area (Å²) in [5, 5.41) is 8.65. The third kappa shape index (κ3) is 2.61. The molecule has 0 bridgehead atoms. The van der Waals surface area contributed by atoms with Crippen molar-refractivity contribution in [2.75, 3.05) is 0 Å². The number of aromatic nitrogens is 3. The van der Waals surface area contributed by atoms with Gasteiger partial charge in [-0.25, -0.2) is 4.39 Å². The third-order valence-corrected chi connectivity index (χ3v) is 4.13. The monoisotopic (exact) mass is 335 g/mol. The lowest BCUT2D eigenvalue weighted by atomic mass is 10.00. The molecule has 124 valence electrons. The Balaban J connectivity index is 1.86. The van der Waals surface area contributed by atoms with E-state index in [0.717, 1.165) is 10.9 Å². The molecular formula is C19H14FN3O2. The summed E-state index contributed by atoms with van der Waals surface area (Å²) in [6.07, 6.45) is 1.72. The van der Waals surface area contributed by atoms with Crippen LogP contribution in [-0.4, -0.2) is 21.0 Å². The molecule has 2 aromatic heterocycles. The molecule has 0 amide bonds. The smallest absolute Gasteiger partial charge is 0.249 e. The van der Waals surface area contributed by atoms with Gasteiger partial charge in [0.25, 0.3) is 0 Å². The van der Waals surface area contributed by atoms with Crippen LogP contribution in [0.4, 0.5) is 4.39 Å². The molecule has 0 saturated carbocycles. The van der Waals surface area contributed by atoms with Crippen LogP contribution in [0.15, 0.2) is 47.0 Å². The molecule has 0 aliphatic heterocycles. The molecule has 5 nitrogen and oxygen atoms in total. The Labute approximate surface area is 142 Å². The summed E-state index contributed by atoms with van der Waals surface area (Å²) in [4.78, 5) is 14.4. The number of aromatic amines is 1. The van der Waals surface area contributed by atoms with E-state index < -0.39 is 0 Å². The number of carbonyl (C=O) groups excluding carboxylic acids is 1. The van der Waals surface area contributed by atoms with Crippen LogP contribution in [0.3, 0.4) is 0 Å². The number of nitrogens with zero attached hydrogens (tertiary/aromatic N) is 2. The Hall–Kier alpha value is -3.28. The first-order chi connectivity index (χ1) is 12.0. The molecule has 0 unspecified atom stereocenters.